The second kappa shape index (κ2) is 4.17. The minimum atomic E-state index is -0.447. The number of rotatable bonds is 2. The number of β-lactam (4-membered cyclic amide) rings is 1. The molecule has 3 rings (SSSR count). The predicted octanol–water partition coefficient (Wildman–Crippen LogP) is 1.83. The van der Waals surface area contributed by atoms with Gasteiger partial charge >= 0.3 is 5.97 Å². The molecule has 1 aromatic carbocycles. The third-order valence-corrected chi connectivity index (χ3v) is 4.34. The van der Waals surface area contributed by atoms with Crippen LogP contribution < -0.4 is 0 Å². The summed E-state index contributed by atoms with van der Waals surface area (Å²) in [6.07, 6.45) is 0.488. The number of hydrogen-bond donors (Lipinski definition) is 0. The van der Waals surface area contributed by atoms with Crippen LogP contribution in [0.5, 0.6) is 0 Å². The van der Waals surface area contributed by atoms with Crippen molar-refractivity contribution in [3.8, 4) is 0 Å². The molecule has 2 aliphatic heterocycles. The molecule has 0 N–H and O–H groups in total. The Morgan fingerprint density at radius 1 is 1.39 bits per heavy atom. The van der Waals surface area contributed by atoms with E-state index in [0.717, 1.165) is 10.5 Å². The Morgan fingerprint density at radius 2 is 2.11 bits per heavy atom. The van der Waals surface area contributed by atoms with Gasteiger partial charge in [0, 0.05) is 4.91 Å². The molecular formula is C13H11NO3S. The Labute approximate surface area is 109 Å². The first kappa shape index (κ1) is 11.3. The van der Waals surface area contributed by atoms with Crippen molar-refractivity contribution in [1.82, 2.24) is 4.90 Å². The number of amides is 1. The van der Waals surface area contributed by atoms with Crippen LogP contribution >= 0.6 is 11.8 Å². The van der Waals surface area contributed by atoms with Crippen molar-refractivity contribution < 1.29 is 14.3 Å². The molecule has 1 aromatic rings. The molecule has 0 spiro atoms. The summed E-state index contributed by atoms with van der Waals surface area (Å²) in [5, 5.41) is 0.0572. The molecule has 0 unspecified atom stereocenters. The van der Waals surface area contributed by atoms with Crippen LogP contribution in [0, 0.1) is 0 Å². The predicted molar refractivity (Wildman–Crippen MR) is 68.2 cm³/mol. The van der Waals surface area contributed by atoms with E-state index in [1.807, 2.05) is 30.3 Å². The van der Waals surface area contributed by atoms with E-state index in [2.05, 4.69) is 0 Å². The van der Waals surface area contributed by atoms with Crippen molar-refractivity contribution in [2.75, 3.05) is 7.11 Å². The lowest BCUT2D eigenvalue weighted by Crippen LogP contribution is -2.48. The molecule has 92 valence electrons. The van der Waals surface area contributed by atoms with E-state index < -0.39 is 5.97 Å². The highest BCUT2D eigenvalue weighted by atomic mass is 32.2. The number of thioether (sulfide) groups is 1. The minimum absolute atomic E-state index is 0.0150. The number of esters is 1. The SMILES string of the molecule is COC(=O)C1=C(c2ccccc2)S[C@H]2CC(=O)N12. The molecule has 2 aliphatic rings. The fourth-order valence-corrected chi connectivity index (χ4v) is 3.53. The number of hydrogen-bond acceptors (Lipinski definition) is 4. The smallest absolute Gasteiger partial charge is 0.356 e. The fraction of sp³-hybridized carbons (Fsp3) is 0.231. The van der Waals surface area contributed by atoms with Crippen molar-refractivity contribution >= 4 is 28.5 Å². The van der Waals surface area contributed by atoms with Gasteiger partial charge in [-0.2, -0.15) is 0 Å². The van der Waals surface area contributed by atoms with Crippen LogP contribution in [0.15, 0.2) is 36.0 Å². The summed E-state index contributed by atoms with van der Waals surface area (Å²) in [6, 6.07) is 9.61. The largest absolute Gasteiger partial charge is 0.464 e. The molecule has 1 fully saturated rings. The third kappa shape index (κ3) is 1.54. The normalized spacial score (nSPS) is 21.7. The highest BCUT2D eigenvalue weighted by Crippen LogP contribution is 2.50. The molecule has 18 heavy (non-hydrogen) atoms. The van der Waals surface area contributed by atoms with Gasteiger partial charge in [0.05, 0.1) is 18.9 Å². The van der Waals surface area contributed by atoms with Gasteiger partial charge in [0.15, 0.2) is 0 Å². The molecule has 0 saturated carbocycles. The monoisotopic (exact) mass is 261 g/mol. The van der Waals surface area contributed by atoms with Crippen molar-refractivity contribution in [1.29, 1.82) is 0 Å². The van der Waals surface area contributed by atoms with Gasteiger partial charge in [-0.3, -0.25) is 9.69 Å². The number of methoxy groups -OCH3 is 1. The summed E-state index contributed by atoms with van der Waals surface area (Å²) in [5.74, 6) is -0.462. The van der Waals surface area contributed by atoms with E-state index in [0.29, 0.717) is 12.1 Å². The number of ether oxygens (including phenoxy) is 1. The van der Waals surface area contributed by atoms with Gasteiger partial charge in [0.1, 0.15) is 5.70 Å². The Kier molecular flexibility index (Phi) is 2.63. The van der Waals surface area contributed by atoms with Crippen LogP contribution in [0.4, 0.5) is 0 Å². The lowest BCUT2D eigenvalue weighted by Gasteiger charge is -2.34. The van der Waals surface area contributed by atoms with Crippen LogP contribution in [-0.4, -0.2) is 29.3 Å². The summed E-state index contributed by atoms with van der Waals surface area (Å²) < 4.78 is 4.78. The van der Waals surface area contributed by atoms with Crippen molar-refractivity contribution in [2.45, 2.75) is 11.8 Å². The summed E-state index contributed by atoms with van der Waals surface area (Å²) in [4.78, 5) is 25.8. The topological polar surface area (TPSA) is 46.6 Å². The first-order valence-corrected chi connectivity index (χ1v) is 6.47. The van der Waals surface area contributed by atoms with Crippen LogP contribution in [0.3, 0.4) is 0 Å². The molecule has 4 nitrogen and oxygen atoms in total. The standard InChI is InChI=1S/C13H11NO3S/c1-17-13(16)11-12(8-5-3-2-4-6-8)18-10-7-9(15)14(10)11/h2-6,10H,7H2,1H3/t10-/m0/s1. The number of benzene rings is 1. The molecule has 2 heterocycles. The van der Waals surface area contributed by atoms with E-state index in [-0.39, 0.29) is 11.3 Å². The maximum Gasteiger partial charge on any atom is 0.356 e. The minimum Gasteiger partial charge on any atom is -0.464 e. The molecule has 0 radical (unpaired) electrons. The van der Waals surface area contributed by atoms with Gasteiger partial charge < -0.3 is 4.74 Å². The summed E-state index contributed by atoms with van der Waals surface area (Å²) in [6.45, 7) is 0. The zero-order valence-electron chi connectivity index (χ0n) is 9.75. The van der Waals surface area contributed by atoms with Crippen molar-refractivity contribution in [3.05, 3.63) is 41.6 Å². The van der Waals surface area contributed by atoms with Crippen molar-refractivity contribution in [3.63, 3.8) is 0 Å². The third-order valence-electron chi connectivity index (χ3n) is 3.03. The lowest BCUT2D eigenvalue weighted by atomic mass is 10.1. The average Bonchev–Trinajstić information content (AvgIpc) is 2.71. The van der Waals surface area contributed by atoms with Gasteiger partial charge in [-0.15, -0.1) is 0 Å². The zero-order chi connectivity index (χ0) is 12.7. The number of carbonyl (C=O) groups excluding carboxylic acids is 2. The second-order valence-electron chi connectivity index (χ2n) is 4.08. The van der Waals surface area contributed by atoms with Crippen LogP contribution in [0.2, 0.25) is 0 Å². The van der Waals surface area contributed by atoms with E-state index >= 15 is 0 Å². The molecule has 0 aliphatic carbocycles. The summed E-state index contributed by atoms with van der Waals surface area (Å²) >= 11 is 1.55. The van der Waals surface area contributed by atoms with Gasteiger partial charge in [0.25, 0.3) is 0 Å². The zero-order valence-corrected chi connectivity index (χ0v) is 10.6. The number of carbonyl (C=O) groups is 2. The summed E-state index contributed by atoms with van der Waals surface area (Å²) in [5.41, 5.74) is 1.33. The highest BCUT2D eigenvalue weighted by molar-refractivity contribution is 8.09. The molecule has 1 atom stereocenters. The van der Waals surface area contributed by atoms with Crippen LogP contribution in [0.1, 0.15) is 12.0 Å². The first-order valence-electron chi connectivity index (χ1n) is 5.59. The lowest BCUT2D eigenvalue weighted by molar-refractivity contribution is -0.146. The van der Waals surface area contributed by atoms with Gasteiger partial charge in [0.2, 0.25) is 5.91 Å². The van der Waals surface area contributed by atoms with Gasteiger partial charge in [-0.1, -0.05) is 42.1 Å². The van der Waals surface area contributed by atoms with Gasteiger partial charge in [-0.05, 0) is 5.56 Å². The van der Waals surface area contributed by atoms with E-state index in [1.165, 1.54) is 7.11 Å². The van der Waals surface area contributed by atoms with E-state index in [1.54, 1.807) is 16.7 Å². The summed E-state index contributed by atoms with van der Waals surface area (Å²) in [7, 11) is 1.33. The highest BCUT2D eigenvalue weighted by Gasteiger charge is 2.48. The van der Waals surface area contributed by atoms with Crippen LogP contribution in [-0.2, 0) is 14.3 Å². The molecule has 1 saturated heterocycles. The average molecular weight is 261 g/mol. The Hall–Kier alpha value is -1.75. The maximum absolute atomic E-state index is 11.8. The Bertz CT molecular complexity index is 553. The number of nitrogens with zero attached hydrogens (tertiary/aromatic N) is 1. The van der Waals surface area contributed by atoms with Crippen molar-refractivity contribution in [2.24, 2.45) is 0 Å². The maximum atomic E-state index is 11.8. The van der Waals surface area contributed by atoms with E-state index in [9.17, 15) is 9.59 Å². The second-order valence-corrected chi connectivity index (χ2v) is 5.26. The molecule has 1 amide bonds. The Balaban J connectivity index is 2.08. The van der Waals surface area contributed by atoms with Gasteiger partial charge in [-0.25, -0.2) is 4.79 Å². The van der Waals surface area contributed by atoms with Crippen LogP contribution in [0.25, 0.3) is 4.91 Å². The quantitative estimate of drug-likeness (QED) is 0.602. The fourth-order valence-electron chi connectivity index (χ4n) is 2.13. The molecule has 5 heteroatoms. The number of fused-ring (bicyclic) bond motifs is 1. The molecule has 0 aromatic heterocycles. The first-order chi connectivity index (χ1) is 8.72. The molecular weight excluding hydrogens is 250 g/mol. The Morgan fingerprint density at radius 3 is 2.72 bits per heavy atom. The van der Waals surface area contributed by atoms with E-state index in [4.69, 9.17) is 4.74 Å². The molecule has 0 bridgehead atoms.